The fraction of sp³-hybridized carbons (Fsp3) is 0.778. The van der Waals surface area contributed by atoms with E-state index in [2.05, 4.69) is 68.9 Å². The summed E-state index contributed by atoms with van der Waals surface area (Å²) in [5.41, 5.74) is 0.868. The molecular weight excluding hydrogens is 717 g/mol. The van der Waals surface area contributed by atoms with Gasteiger partial charge in [-0.1, -0.05) is 163 Å². The molecule has 4 amide bonds. The monoisotopic (exact) mass is 797 g/mol. The van der Waals surface area contributed by atoms with Gasteiger partial charge in [0.1, 0.15) is 0 Å². The van der Waals surface area contributed by atoms with Crippen LogP contribution in [0, 0.1) is 11.8 Å². The highest BCUT2D eigenvalue weighted by Crippen LogP contribution is 2.15. The van der Waals surface area contributed by atoms with Crippen molar-refractivity contribution in [2.24, 2.45) is 11.8 Å². The minimum Gasteiger partial charge on any atom is -0.338 e. The predicted octanol–water partition coefficient (Wildman–Crippen LogP) is 10.9. The molecule has 0 aliphatic rings. The minimum absolute atomic E-state index is 0.172. The van der Waals surface area contributed by atoms with Crippen LogP contribution in [-0.2, 0) is 12.8 Å². The quantitative estimate of drug-likeness (QED) is 0.0384. The molecule has 0 bridgehead atoms. The SMILES string of the molecule is CCCCCCCCCCCCCc1cc(=O)[nH]c(NC(=O)NC[C@H](C)CCC[C@H](C)CNC(=O)Nc2nc(CCCCCCCCCCCCC)cc(=O)[nH]2)n1. The van der Waals surface area contributed by atoms with E-state index >= 15 is 0 Å². The number of hydrogen-bond acceptors (Lipinski definition) is 6. The Labute approximate surface area is 344 Å². The van der Waals surface area contributed by atoms with Gasteiger partial charge in [0.05, 0.1) is 0 Å². The van der Waals surface area contributed by atoms with E-state index in [1.807, 2.05) is 0 Å². The van der Waals surface area contributed by atoms with E-state index < -0.39 is 12.1 Å². The van der Waals surface area contributed by atoms with Gasteiger partial charge in [-0.15, -0.1) is 0 Å². The number of amides is 4. The van der Waals surface area contributed by atoms with E-state index in [0.29, 0.717) is 24.5 Å². The van der Waals surface area contributed by atoms with Gasteiger partial charge < -0.3 is 10.6 Å². The number of anilines is 2. The second-order valence-corrected chi connectivity index (χ2v) is 16.6. The smallest absolute Gasteiger partial charge is 0.321 e. The van der Waals surface area contributed by atoms with Gasteiger partial charge in [0.25, 0.3) is 11.1 Å². The molecule has 0 aliphatic carbocycles. The van der Waals surface area contributed by atoms with Crippen LogP contribution in [0.5, 0.6) is 0 Å². The van der Waals surface area contributed by atoms with E-state index in [0.717, 1.165) is 57.8 Å². The Bertz CT molecular complexity index is 1350. The molecule has 0 unspecified atom stereocenters. The highest BCUT2D eigenvalue weighted by atomic mass is 16.2. The Hall–Kier alpha value is -3.70. The zero-order chi connectivity index (χ0) is 41.4. The second-order valence-electron chi connectivity index (χ2n) is 16.6. The van der Waals surface area contributed by atoms with E-state index in [4.69, 9.17) is 0 Å². The lowest BCUT2D eigenvalue weighted by atomic mass is 9.98. The van der Waals surface area contributed by atoms with Gasteiger partial charge in [0.2, 0.25) is 11.9 Å². The number of carbonyl (C=O) groups is 2. The first-order valence-corrected chi connectivity index (χ1v) is 23.0. The van der Waals surface area contributed by atoms with E-state index in [-0.39, 0.29) is 34.9 Å². The van der Waals surface area contributed by atoms with Crippen LogP contribution in [0.2, 0.25) is 0 Å². The Balaban J connectivity index is 1.55. The van der Waals surface area contributed by atoms with Gasteiger partial charge in [-0.05, 0) is 50.4 Å². The van der Waals surface area contributed by atoms with Gasteiger partial charge in [-0.2, -0.15) is 0 Å². The fourth-order valence-electron chi connectivity index (χ4n) is 7.19. The number of aromatic nitrogens is 4. The summed E-state index contributed by atoms with van der Waals surface area (Å²) in [4.78, 5) is 63.7. The molecule has 0 fully saturated rings. The molecule has 0 aliphatic heterocycles. The van der Waals surface area contributed by atoms with Gasteiger partial charge in [-0.3, -0.25) is 30.2 Å². The van der Waals surface area contributed by atoms with Crippen LogP contribution in [0.1, 0.15) is 200 Å². The Morgan fingerprint density at radius 1 is 0.509 bits per heavy atom. The van der Waals surface area contributed by atoms with Crippen LogP contribution in [0.15, 0.2) is 21.7 Å². The van der Waals surface area contributed by atoms with E-state index in [1.54, 1.807) is 0 Å². The fourth-order valence-corrected chi connectivity index (χ4v) is 7.19. The topological polar surface area (TPSA) is 174 Å². The number of rotatable bonds is 34. The van der Waals surface area contributed by atoms with Crippen molar-refractivity contribution in [2.75, 3.05) is 23.7 Å². The highest BCUT2D eigenvalue weighted by Gasteiger charge is 2.12. The number of H-pyrrole nitrogens is 2. The number of hydrogen-bond donors (Lipinski definition) is 6. The summed E-state index contributed by atoms with van der Waals surface area (Å²) >= 11 is 0. The van der Waals surface area contributed by atoms with Crippen molar-refractivity contribution in [3.8, 4) is 0 Å². The van der Waals surface area contributed by atoms with Gasteiger partial charge in [0, 0.05) is 36.6 Å². The summed E-state index contributed by atoms with van der Waals surface area (Å²) in [6.45, 7) is 9.66. The number of aryl methyl sites for hydroxylation is 2. The molecule has 2 aromatic rings. The van der Waals surface area contributed by atoms with Crippen molar-refractivity contribution in [2.45, 2.75) is 201 Å². The lowest BCUT2D eigenvalue weighted by molar-refractivity contribution is 0.249. The van der Waals surface area contributed by atoms with Crippen LogP contribution in [0.3, 0.4) is 0 Å². The van der Waals surface area contributed by atoms with Gasteiger partial charge >= 0.3 is 12.1 Å². The number of carbonyl (C=O) groups excluding carboxylic acids is 2. The van der Waals surface area contributed by atoms with Crippen molar-refractivity contribution in [1.82, 2.24) is 30.6 Å². The molecule has 57 heavy (non-hydrogen) atoms. The molecule has 12 nitrogen and oxygen atoms in total. The third-order valence-corrected chi connectivity index (χ3v) is 10.7. The first-order valence-electron chi connectivity index (χ1n) is 23.0. The predicted molar refractivity (Wildman–Crippen MR) is 236 cm³/mol. The van der Waals surface area contributed by atoms with Crippen molar-refractivity contribution in [3.05, 3.63) is 44.2 Å². The molecule has 2 atom stereocenters. The molecule has 0 radical (unpaired) electrons. The molecule has 2 heterocycles. The van der Waals surface area contributed by atoms with Gasteiger partial charge in [0.15, 0.2) is 0 Å². The summed E-state index contributed by atoms with van der Waals surface area (Å²) < 4.78 is 0. The first-order chi connectivity index (χ1) is 27.7. The maximum atomic E-state index is 12.6. The molecule has 2 aromatic heterocycles. The van der Waals surface area contributed by atoms with Crippen molar-refractivity contribution < 1.29 is 9.59 Å². The third kappa shape index (κ3) is 26.8. The standard InChI is InChI=1S/C45H80N8O4/c1-5-7-9-11-13-15-17-19-21-23-25-30-38-32-40(54)50-42(48-38)52-44(56)46-34-36(3)28-27-29-37(4)35-47-45(57)53-43-49-39(33-41(55)51-43)31-26-24-22-20-18-16-14-12-10-8-6-2/h32-33,36-37H,5-31,34-35H2,1-4H3,(H3,46,48,50,52,54,56)(H3,47,49,51,53,55,57)/t36-,37+. The second kappa shape index (κ2) is 32.3. The normalized spacial score (nSPS) is 12.3. The zero-order valence-corrected chi connectivity index (χ0v) is 36.3. The number of unbranched alkanes of at least 4 members (excludes halogenated alkanes) is 20. The zero-order valence-electron chi connectivity index (χ0n) is 36.3. The first kappa shape index (κ1) is 49.4. The molecular formula is C45H80N8O4. The number of nitrogens with zero attached hydrogens (tertiary/aromatic N) is 2. The molecule has 6 N–H and O–H groups in total. The number of aromatic amines is 2. The lowest BCUT2D eigenvalue weighted by Gasteiger charge is -2.16. The average molecular weight is 797 g/mol. The van der Waals surface area contributed by atoms with Crippen molar-refractivity contribution >= 4 is 24.0 Å². The lowest BCUT2D eigenvalue weighted by Crippen LogP contribution is -2.34. The highest BCUT2D eigenvalue weighted by molar-refractivity contribution is 5.87. The van der Waals surface area contributed by atoms with E-state index in [1.165, 1.54) is 128 Å². The molecule has 0 spiro atoms. The Morgan fingerprint density at radius 2 is 0.825 bits per heavy atom. The van der Waals surface area contributed by atoms with Crippen LogP contribution in [0.4, 0.5) is 21.5 Å². The maximum Gasteiger partial charge on any atom is 0.321 e. The van der Waals surface area contributed by atoms with E-state index in [9.17, 15) is 19.2 Å². The van der Waals surface area contributed by atoms with Crippen LogP contribution in [-0.4, -0.2) is 45.1 Å². The summed E-state index contributed by atoms with van der Waals surface area (Å²) in [5.74, 6) is 0.841. The molecule has 2 rings (SSSR count). The minimum atomic E-state index is -0.393. The van der Waals surface area contributed by atoms with Crippen molar-refractivity contribution in [3.63, 3.8) is 0 Å². The summed E-state index contributed by atoms with van der Waals surface area (Å²) in [6.07, 6.45) is 32.0. The largest absolute Gasteiger partial charge is 0.338 e. The van der Waals surface area contributed by atoms with Crippen LogP contribution >= 0.6 is 0 Å². The Morgan fingerprint density at radius 3 is 1.16 bits per heavy atom. The molecule has 324 valence electrons. The summed E-state index contributed by atoms with van der Waals surface area (Å²) in [6, 6.07) is 2.25. The maximum absolute atomic E-state index is 12.6. The summed E-state index contributed by atoms with van der Waals surface area (Å²) in [7, 11) is 0. The average Bonchev–Trinajstić information content (AvgIpc) is 3.17. The molecule has 12 heteroatoms. The molecule has 0 saturated carbocycles. The Kier molecular flexibility index (Phi) is 28.0. The molecule has 0 aromatic carbocycles. The molecule has 0 saturated heterocycles. The number of nitrogens with one attached hydrogen (secondary N) is 6. The van der Waals surface area contributed by atoms with Crippen LogP contribution in [0.25, 0.3) is 0 Å². The number of urea groups is 2. The van der Waals surface area contributed by atoms with Crippen LogP contribution < -0.4 is 32.4 Å². The van der Waals surface area contributed by atoms with Gasteiger partial charge in [-0.25, -0.2) is 19.6 Å². The summed E-state index contributed by atoms with van der Waals surface area (Å²) in [5, 5.41) is 11.1. The third-order valence-electron chi connectivity index (χ3n) is 10.7. The van der Waals surface area contributed by atoms with Crippen molar-refractivity contribution in [1.29, 1.82) is 0 Å².